The van der Waals surface area contributed by atoms with Gasteiger partial charge in [0, 0.05) is 23.9 Å². The molecule has 0 saturated heterocycles. The summed E-state index contributed by atoms with van der Waals surface area (Å²) >= 11 is 0. The first kappa shape index (κ1) is 20.3. The minimum atomic E-state index is -0.314. The maximum Gasteiger partial charge on any atom is 0.256 e. The molecule has 0 unspecified atom stereocenters. The Morgan fingerprint density at radius 3 is 2.29 bits per heavy atom. The first-order chi connectivity index (χ1) is 15.0. The molecule has 4 aromatic rings. The van der Waals surface area contributed by atoms with E-state index in [2.05, 4.69) is 10.4 Å². The van der Waals surface area contributed by atoms with Crippen LogP contribution in [0.1, 0.15) is 17.0 Å². The molecule has 0 radical (unpaired) electrons. The Kier molecular flexibility index (Phi) is 5.75. The molecule has 0 atom stereocenters. The molecule has 0 bridgehead atoms. The van der Waals surface area contributed by atoms with Crippen molar-refractivity contribution in [2.24, 2.45) is 0 Å². The summed E-state index contributed by atoms with van der Waals surface area (Å²) in [5, 5.41) is 7.34. The van der Waals surface area contributed by atoms with Gasteiger partial charge in [-0.15, -0.1) is 0 Å². The Labute approximate surface area is 180 Å². The van der Waals surface area contributed by atoms with Gasteiger partial charge in [0.25, 0.3) is 5.56 Å². The highest BCUT2D eigenvalue weighted by atomic mass is 16.2. The van der Waals surface area contributed by atoms with Gasteiger partial charge in [0.1, 0.15) is 6.54 Å². The number of nitrogens with one attached hydrogen (secondary N) is 1. The average Bonchev–Trinajstić information content (AvgIpc) is 3.12. The third kappa shape index (κ3) is 4.61. The molecule has 2 aromatic heterocycles. The Morgan fingerprint density at radius 1 is 0.968 bits per heavy atom. The predicted octanol–water partition coefficient (Wildman–Crippen LogP) is 3.03. The van der Waals surface area contributed by atoms with Gasteiger partial charge in [0.15, 0.2) is 0 Å². The lowest BCUT2D eigenvalue weighted by atomic mass is 10.1. The van der Waals surface area contributed by atoms with E-state index in [9.17, 15) is 9.59 Å². The minimum Gasteiger partial charge on any atom is -0.350 e. The van der Waals surface area contributed by atoms with Crippen molar-refractivity contribution in [3.05, 3.63) is 100 Å². The van der Waals surface area contributed by atoms with E-state index in [1.807, 2.05) is 80.6 Å². The fraction of sp³-hybridized carbons (Fsp3) is 0.167. The van der Waals surface area contributed by atoms with Crippen LogP contribution in [0.2, 0.25) is 0 Å². The largest absolute Gasteiger partial charge is 0.350 e. The number of carbonyl (C=O) groups excluding carboxylic acids is 1. The van der Waals surface area contributed by atoms with Gasteiger partial charge in [-0.2, -0.15) is 5.10 Å². The van der Waals surface area contributed by atoms with E-state index >= 15 is 0 Å². The average molecular weight is 413 g/mol. The lowest BCUT2D eigenvalue weighted by Crippen LogP contribution is -2.34. The van der Waals surface area contributed by atoms with Crippen LogP contribution in [0.5, 0.6) is 0 Å². The van der Waals surface area contributed by atoms with E-state index < -0.39 is 0 Å². The molecular formula is C24H23N5O2. The normalized spacial score (nSPS) is 10.8. The smallest absolute Gasteiger partial charge is 0.256 e. The van der Waals surface area contributed by atoms with E-state index in [0.717, 1.165) is 22.5 Å². The molecule has 2 aromatic carbocycles. The molecule has 4 rings (SSSR count). The highest BCUT2D eigenvalue weighted by Gasteiger charge is 2.17. The second-order valence-electron chi connectivity index (χ2n) is 7.33. The molecule has 0 aliphatic rings. The van der Waals surface area contributed by atoms with E-state index in [1.54, 1.807) is 4.68 Å². The molecule has 0 aliphatic heterocycles. The third-order valence-corrected chi connectivity index (χ3v) is 4.89. The number of aromatic nitrogens is 4. The first-order valence-electron chi connectivity index (χ1n) is 10.0. The number of nitrogens with zero attached hydrogens (tertiary/aromatic N) is 4. The summed E-state index contributed by atoms with van der Waals surface area (Å²) in [5.74, 6) is 0.0369. The Hall–Kier alpha value is -4.00. The van der Waals surface area contributed by atoms with Crippen LogP contribution >= 0.6 is 0 Å². The zero-order valence-electron chi connectivity index (χ0n) is 17.4. The van der Waals surface area contributed by atoms with Gasteiger partial charge < -0.3 is 5.32 Å². The van der Waals surface area contributed by atoms with Crippen molar-refractivity contribution in [2.45, 2.75) is 26.9 Å². The first-order valence-corrected chi connectivity index (χ1v) is 10.0. The molecule has 1 N–H and O–H groups in total. The number of hydrogen-bond donors (Lipinski definition) is 1. The van der Waals surface area contributed by atoms with Crippen molar-refractivity contribution in [3.8, 4) is 17.2 Å². The number of rotatable bonds is 6. The second kappa shape index (κ2) is 8.79. The second-order valence-corrected chi connectivity index (χ2v) is 7.33. The molecule has 0 saturated carbocycles. The van der Waals surface area contributed by atoms with Gasteiger partial charge in [-0.05, 0) is 25.5 Å². The zero-order chi connectivity index (χ0) is 21.8. The van der Waals surface area contributed by atoms with Crippen molar-refractivity contribution in [1.82, 2.24) is 24.6 Å². The summed E-state index contributed by atoms with van der Waals surface area (Å²) in [7, 11) is 0. The van der Waals surface area contributed by atoms with Gasteiger partial charge in [-0.3, -0.25) is 14.2 Å². The number of carbonyl (C=O) groups is 1. The summed E-state index contributed by atoms with van der Waals surface area (Å²) in [5.41, 5.74) is 3.66. The SMILES string of the molecule is Cc1cc(C)n(-c2nc(-c3ccccc3)cc(=O)n2CC(=O)NCc2ccccc2)n1. The monoisotopic (exact) mass is 413 g/mol. The van der Waals surface area contributed by atoms with Crippen LogP contribution in [0.3, 0.4) is 0 Å². The van der Waals surface area contributed by atoms with Crippen molar-refractivity contribution in [2.75, 3.05) is 0 Å². The van der Waals surface area contributed by atoms with Crippen LogP contribution in [0.25, 0.3) is 17.2 Å². The van der Waals surface area contributed by atoms with Crippen LogP contribution < -0.4 is 10.9 Å². The van der Waals surface area contributed by atoms with E-state index in [0.29, 0.717) is 18.2 Å². The molecule has 1 amide bonds. The lowest BCUT2D eigenvalue weighted by molar-refractivity contribution is -0.121. The van der Waals surface area contributed by atoms with Gasteiger partial charge >= 0.3 is 0 Å². The van der Waals surface area contributed by atoms with Gasteiger partial charge in [-0.25, -0.2) is 9.67 Å². The fourth-order valence-electron chi connectivity index (χ4n) is 3.39. The standard InChI is InChI=1S/C24H23N5O2/c1-17-13-18(2)29(27-17)24-26-21(20-11-7-4-8-12-20)14-23(31)28(24)16-22(30)25-15-19-9-5-3-6-10-19/h3-14H,15-16H2,1-2H3,(H,25,30). The van der Waals surface area contributed by atoms with Crippen molar-refractivity contribution < 1.29 is 4.79 Å². The zero-order valence-corrected chi connectivity index (χ0v) is 17.4. The van der Waals surface area contributed by atoms with Crippen LogP contribution in [-0.4, -0.2) is 25.2 Å². The molecule has 0 fully saturated rings. The van der Waals surface area contributed by atoms with Crippen molar-refractivity contribution in [1.29, 1.82) is 0 Å². The highest BCUT2D eigenvalue weighted by molar-refractivity contribution is 5.76. The fourth-order valence-corrected chi connectivity index (χ4v) is 3.39. The van der Waals surface area contributed by atoms with Crippen molar-refractivity contribution in [3.63, 3.8) is 0 Å². The highest BCUT2D eigenvalue weighted by Crippen LogP contribution is 2.17. The molecule has 7 nitrogen and oxygen atoms in total. The summed E-state index contributed by atoms with van der Waals surface area (Å²) in [6.45, 7) is 4.00. The van der Waals surface area contributed by atoms with Gasteiger partial charge in [-0.1, -0.05) is 60.7 Å². The van der Waals surface area contributed by atoms with Crippen LogP contribution in [0.4, 0.5) is 0 Å². The van der Waals surface area contributed by atoms with Gasteiger partial charge in [0.05, 0.1) is 11.4 Å². The van der Waals surface area contributed by atoms with Gasteiger partial charge in [0.2, 0.25) is 11.9 Å². The Bertz CT molecular complexity index is 1260. The number of aryl methyl sites for hydroxylation is 2. The molecular weight excluding hydrogens is 390 g/mol. The Morgan fingerprint density at radius 2 is 1.65 bits per heavy atom. The lowest BCUT2D eigenvalue weighted by Gasteiger charge is -2.14. The molecule has 31 heavy (non-hydrogen) atoms. The number of benzene rings is 2. The Balaban J connectivity index is 1.70. The molecule has 0 spiro atoms. The topological polar surface area (TPSA) is 81.8 Å². The molecule has 0 aliphatic carbocycles. The van der Waals surface area contributed by atoms with E-state index in [4.69, 9.17) is 4.98 Å². The quantitative estimate of drug-likeness (QED) is 0.527. The molecule has 7 heteroatoms. The summed E-state index contributed by atoms with van der Waals surface area (Å²) in [6, 6.07) is 22.5. The van der Waals surface area contributed by atoms with Crippen LogP contribution in [0.15, 0.2) is 77.6 Å². The summed E-state index contributed by atoms with van der Waals surface area (Å²) in [6.07, 6.45) is 0. The van der Waals surface area contributed by atoms with E-state index in [1.165, 1.54) is 10.6 Å². The number of hydrogen-bond acceptors (Lipinski definition) is 4. The maximum absolute atomic E-state index is 13.0. The summed E-state index contributed by atoms with van der Waals surface area (Å²) < 4.78 is 2.96. The third-order valence-electron chi connectivity index (χ3n) is 4.89. The maximum atomic E-state index is 13.0. The van der Waals surface area contributed by atoms with E-state index in [-0.39, 0.29) is 18.0 Å². The molecule has 2 heterocycles. The van der Waals surface area contributed by atoms with Crippen LogP contribution in [-0.2, 0) is 17.9 Å². The predicted molar refractivity (Wildman–Crippen MR) is 119 cm³/mol. The van der Waals surface area contributed by atoms with Crippen molar-refractivity contribution >= 4 is 5.91 Å². The summed E-state index contributed by atoms with van der Waals surface area (Å²) in [4.78, 5) is 30.4. The number of amides is 1. The minimum absolute atomic E-state index is 0.151. The molecule has 156 valence electrons. The van der Waals surface area contributed by atoms with Crippen LogP contribution in [0, 0.1) is 13.8 Å².